The zero-order valence-electron chi connectivity index (χ0n) is 12.9. The van der Waals surface area contributed by atoms with E-state index in [1.807, 2.05) is 6.26 Å². The molecule has 1 heteroatoms. The van der Waals surface area contributed by atoms with Gasteiger partial charge in [-0.05, 0) is 47.1 Å². The van der Waals surface area contributed by atoms with Gasteiger partial charge in [0.15, 0.2) is 0 Å². The monoisotopic (exact) mass is 278 g/mol. The summed E-state index contributed by atoms with van der Waals surface area (Å²) in [4.78, 5) is 0. The second-order valence-corrected chi connectivity index (χ2v) is 6.75. The minimum atomic E-state index is 0.573. The van der Waals surface area contributed by atoms with Crippen LogP contribution in [-0.2, 0) is 0 Å². The zero-order chi connectivity index (χ0) is 14.4. The first-order valence-electron chi connectivity index (χ1n) is 8.18. The van der Waals surface area contributed by atoms with E-state index in [9.17, 15) is 0 Å². The maximum absolute atomic E-state index is 5.85. The molecule has 0 N–H and O–H groups in total. The van der Waals surface area contributed by atoms with E-state index in [0.717, 1.165) is 5.58 Å². The average Bonchev–Trinajstić information content (AvgIpc) is 3.15. The van der Waals surface area contributed by atoms with Crippen LogP contribution in [0, 0.1) is 0 Å². The van der Waals surface area contributed by atoms with Crippen molar-refractivity contribution < 1.29 is 4.42 Å². The molecule has 1 aliphatic carbocycles. The summed E-state index contributed by atoms with van der Waals surface area (Å²) >= 11 is 0. The first-order chi connectivity index (χ1) is 10.2. The fourth-order valence-electron chi connectivity index (χ4n) is 3.81. The van der Waals surface area contributed by atoms with Crippen molar-refractivity contribution in [3.05, 3.63) is 47.7 Å². The van der Waals surface area contributed by atoms with Crippen LogP contribution in [-0.4, -0.2) is 0 Å². The summed E-state index contributed by atoms with van der Waals surface area (Å²) in [7, 11) is 0. The Morgan fingerprint density at radius 3 is 2.62 bits per heavy atom. The highest BCUT2D eigenvalue weighted by Gasteiger charge is 2.22. The van der Waals surface area contributed by atoms with Crippen molar-refractivity contribution in [1.82, 2.24) is 0 Å². The molecule has 1 nitrogen and oxygen atoms in total. The predicted molar refractivity (Wildman–Crippen MR) is 89.0 cm³/mol. The molecule has 0 atom stereocenters. The molecule has 0 amide bonds. The number of furan rings is 1. The van der Waals surface area contributed by atoms with Crippen LogP contribution in [0.2, 0.25) is 0 Å². The quantitative estimate of drug-likeness (QED) is 0.531. The topological polar surface area (TPSA) is 13.1 Å². The molecular formula is C20H22O. The van der Waals surface area contributed by atoms with E-state index in [0.29, 0.717) is 11.8 Å². The predicted octanol–water partition coefficient (Wildman–Crippen LogP) is 6.37. The van der Waals surface area contributed by atoms with Crippen LogP contribution in [0.25, 0.3) is 21.7 Å². The first kappa shape index (κ1) is 12.9. The summed E-state index contributed by atoms with van der Waals surface area (Å²) in [5.74, 6) is 1.27. The normalized spacial score (nSPS) is 16.5. The maximum atomic E-state index is 5.85. The molecule has 21 heavy (non-hydrogen) atoms. The van der Waals surface area contributed by atoms with E-state index >= 15 is 0 Å². The van der Waals surface area contributed by atoms with Crippen molar-refractivity contribution in [3.8, 4) is 0 Å². The molecule has 1 aromatic heterocycles. The smallest absolute Gasteiger partial charge is 0.134 e. The lowest BCUT2D eigenvalue weighted by atomic mass is 9.92. The SMILES string of the molecule is CC(C)c1ccc2c(ccc3occ(C4CCCC4)c32)c1. The Kier molecular flexibility index (Phi) is 3.02. The van der Waals surface area contributed by atoms with E-state index in [2.05, 4.69) is 44.2 Å². The second-order valence-electron chi connectivity index (χ2n) is 6.75. The van der Waals surface area contributed by atoms with Gasteiger partial charge in [0.1, 0.15) is 5.58 Å². The Labute approximate surface area is 126 Å². The lowest BCUT2D eigenvalue weighted by Crippen LogP contribution is -1.91. The standard InChI is InChI=1S/C20H22O/c1-13(2)15-7-9-17-16(11-15)8-10-19-20(17)18(12-21-19)14-5-3-4-6-14/h7-14H,3-6H2,1-2H3. The van der Waals surface area contributed by atoms with Gasteiger partial charge in [0, 0.05) is 10.9 Å². The minimum Gasteiger partial charge on any atom is -0.464 e. The lowest BCUT2D eigenvalue weighted by molar-refractivity contribution is 0.599. The van der Waals surface area contributed by atoms with Crippen molar-refractivity contribution in [2.75, 3.05) is 0 Å². The third-order valence-electron chi connectivity index (χ3n) is 5.07. The summed E-state index contributed by atoms with van der Waals surface area (Å²) in [5.41, 5.74) is 3.89. The molecule has 2 aromatic carbocycles. The highest BCUT2D eigenvalue weighted by molar-refractivity contribution is 6.07. The van der Waals surface area contributed by atoms with Crippen molar-refractivity contribution in [2.45, 2.75) is 51.4 Å². The molecule has 0 aliphatic heterocycles. The molecule has 1 aliphatic rings. The van der Waals surface area contributed by atoms with Crippen LogP contribution in [0.3, 0.4) is 0 Å². The molecular weight excluding hydrogens is 256 g/mol. The Hall–Kier alpha value is -1.76. The zero-order valence-corrected chi connectivity index (χ0v) is 12.9. The van der Waals surface area contributed by atoms with E-state index in [-0.39, 0.29) is 0 Å². The fraction of sp³-hybridized carbons (Fsp3) is 0.400. The largest absolute Gasteiger partial charge is 0.464 e. The summed E-state index contributed by atoms with van der Waals surface area (Å²) in [5, 5.41) is 4.05. The van der Waals surface area contributed by atoms with Crippen molar-refractivity contribution in [3.63, 3.8) is 0 Å². The molecule has 1 heterocycles. The van der Waals surface area contributed by atoms with Crippen LogP contribution in [0.5, 0.6) is 0 Å². The minimum absolute atomic E-state index is 0.573. The Morgan fingerprint density at radius 1 is 1.05 bits per heavy atom. The van der Waals surface area contributed by atoms with Crippen molar-refractivity contribution in [1.29, 1.82) is 0 Å². The Balaban J connectivity index is 1.96. The molecule has 0 unspecified atom stereocenters. The van der Waals surface area contributed by atoms with Gasteiger partial charge < -0.3 is 4.42 Å². The second kappa shape index (κ2) is 4.91. The first-order valence-corrected chi connectivity index (χ1v) is 8.18. The highest BCUT2D eigenvalue weighted by atomic mass is 16.3. The summed E-state index contributed by atoms with van der Waals surface area (Å²) in [6.45, 7) is 4.50. The van der Waals surface area contributed by atoms with E-state index < -0.39 is 0 Å². The van der Waals surface area contributed by atoms with Crippen LogP contribution in [0.4, 0.5) is 0 Å². The van der Waals surface area contributed by atoms with E-state index in [1.54, 1.807) is 0 Å². The Morgan fingerprint density at radius 2 is 1.86 bits per heavy atom. The molecule has 0 saturated heterocycles. The number of benzene rings is 2. The number of fused-ring (bicyclic) bond motifs is 3. The maximum Gasteiger partial charge on any atom is 0.134 e. The van der Waals surface area contributed by atoms with Crippen LogP contribution in [0.1, 0.15) is 62.5 Å². The van der Waals surface area contributed by atoms with Gasteiger partial charge in [-0.15, -0.1) is 0 Å². The van der Waals surface area contributed by atoms with Gasteiger partial charge in [0.25, 0.3) is 0 Å². The summed E-state index contributed by atoms with van der Waals surface area (Å²) < 4.78 is 5.85. The number of hydrogen-bond acceptors (Lipinski definition) is 1. The summed E-state index contributed by atoms with van der Waals surface area (Å²) in [6, 6.07) is 11.2. The molecule has 4 rings (SSSR count). The number of rotatable bonds is 2. The average molecular weight is 278 g/mol. The lowest BCUT2D eigenvalue weighted by Gasteiger charge is -2.10. The van der Waals surface area contributed by atoms with Crippen LogP contribution in [0.15, 0.2) is 41.0 Å². The summed E-state index contributed by atoms with van der Waals surface area (Å²) in [6.07, 6.45) is 7.36. The van der Waals surface area contributed by atoms with Gasteiger partial charge in [-0.1, -0.05) is 51.0 Å². The van der Waals surface area contributed by atoms with Gasteiger partial charge in [-0.25, -0.2) is 0 Å². The van der Waals surface area contributed by atoms with Gasteiger partial charge >= 0.3 is 0 Å². The fourth-order valence-corrected chi connectivity index (χ4v) is 3.81. The van der Waals surface area contributed by atoms with E-state index in [1.165, 1.54) is 53.0 Å². The highest BCUT2D eigenvalue weighted by Crippen LogP contribution is 2.41. The molecule has 0 bridgehead atoms. The molecule has 1 fully saturated rings. The van der Waals surface area contributed by atoms with Crippen LogP contribution >= 0.6 is 0 Å². The number of hydrogen-bond donors (Lipinski definition) is 0. The third-order valence-corrected chi connectivity index (χ3v) is 5.07. The van der Waals surface area contributed by atoms with E-state index in [4.69, 9.17) is 4.42 Å². The Bertz CT molecular complexity index is 788. The van der Waals surface area contributed by atoms with Gasteiger partial charge in [0.2, 0.25) is 0 Å². The van der Waals surface area contributed by atoms with Crippen molar-refractivity contribution >= 4 is 21.7 Å². The van der Waals surface area contributed by atoms with Gasteiger partial charge in [0.05, 0.1) is 6.26 Å². The molecule has 0 spiro atoms. The molecule has 0 radical (unpaired) electrons. The third kappa shape index (κ3) is 2.07. The molecule has 3 aromatic rings. The van der Waals surface area contributed by atoms with Gasteiger partial charge in [-0.2, -0.15) is 0 Å². The van der Waals surface area contributed by atoms with Gasteiger partial charge in [-0.3, -0.25) is 0 Å². The van der Waals surface area contributed by atoms with Crippen LogP contribution < -0.4 is 0 Å². The van der Waals surface area contributed by atoms with Crippen molar-refractivity contribution in [2.24, 2.45) is 0 Å². The molecule has 1 saturated carbocycles. The molecule has 108 valence electrons.